The van der Waals surface area contributed by atoms with Gasteiger partial charge in [0.05, 0.1) is 5.92 Å². The molecule has 8 heteroatoms. The van der Waals surface area contributed by atoms with E-state index in [4.69, 9.17) is 0 Å². The van der Waals surface area contributed by atoms with Crippen LogP contribution in [0, 0.1) is 5.92 Å². The number of carbonyl (C=O) groups is 2. The van der Waals surface area contributed by atoms with Crippen LogP contribution in [0.25, 0.3) is 0 Å². The van der Waals surface area contributed by atoms with Gasteiger partial charge < -0.3 is 10.0 Å². The highest BCUT2D eigenvalue weighted by Crippen LogP contribution is 2.39. The predicted octanol–water partition coefficient (Wildman–Crippen LogP) is 2.90. The number of alkyl halides is 3. The monoisotopic (exact) mass is 342 g/mol. The van der Waals surface area contributed by atoms with Crippen LogP contribution in [0.2, 0.25) is 0 Å². The quantitative estimate of drug-likeness (QED) is 0.854. The fourth-order valence-electron chi connectivity index (χ4n) is 3.55. The summed E-state index contributed by atoms with van der Waals surface area (Å²) in [5.41, 5.74) is 1.57. The summed E-state index contributed by atoms with van der Waals surface area (Å²) in [7, 11) is 0. The molecule has 5 nitrogen and oxygen atoms in total. The van der Waals surface area contributed by atoms with Crippen molar-refractivity contribution in [3.63, 3.8) is 0 Å². The molecule has 0 spiro atoms. The maximum Gasteiger partial charge on any atom is 0.394 e. The van der Waals surface area contributed by atoms with Gasteiger partial charge in [-0.05, 0) is 30.9 Å². The first-order valence-electron chi connectivity index (χ1n) is 7.76. The molecule has 1 N–H and O–H groups in total. The summed E-state index contributed by atoms with van der Waals surface area (Å²) in [5.74, 6) is -3.65. The van der Waals surface area contributed by atoms with Gasteiger partial charge in [-0.25, -0.2) is 9.59 Å². The van der Waals surface area contributed by atoms with Crippen LogP contribution in [-0.4, -0.2) is 47.3 Å². The van der Waals surface area contributed by atoms with Crippen LogP contribution >= 0.6 is 0 Å². The number of hydrogen-bond donors (Lipinski definition) is 1. The molecule has 0 radical (unpaired) electrons. The Morgan fingerprint density at radius 3 is 2.54 bits per heavy atom. The third kappa shape index (κ3) is 2.81. The van der Waals surface area contributed by atoms with E-state index in [-0.39, 0.29) is 19.4 Å². The molecule has 0 aromatic heterocycles. The molecule has 2 aliphatic heterocycles. The molecule has 0 saturated carbocycles. The Balaban J connectivity index is 1.90. The van der Waals surface area contributed by atoms with Gasteiger partial charge >= 0.3 is 18.2 Å². The molecule has 0 unspecified atom stereocenters. The van der Waals surface area contributed by atoms with Crippen molar-refractivity contribution >= 4 is 17.7 Å². The van der Waals surface area contributed by atoms with Crippen molar-refractivity contribution in [3.8, 4) is 0 Å². The first-order chi connectivity index (χ1) is 11.3. The largest absolute Gasteiger partial charge is 0.480 e. The minimum absolute atomic E-state index is 0.0149. The van der Waals surface area contributed by atoms with Crippen molar-refractivity contribution < 1.29 is 27.9 Å². The number of hydrogen-bond acceptors (Lipinski definition) is 2. The van der Waals surface area contributed by atoms with Gasteiger partial charge in [0.1, 0.15) is 6.04 Å². The van der Waals surface area contributed by atoms with Crippen LogP contribution in [0.5, 0.6) is 0 Å². The van der Waals surface area contributed by atoms with Crippen molar-refractivity contribution in [3.05, 3.63) is 29.8 Å². The lowest BCUT2D eigenvalue weighted by atomic mass is 9.88. The van der Waals surface area contributed by atoms with E-state index in [0.717, 1.165) is 10.5 Å². The fraction of sp³-hybridized carbons (Fsp3) is 0.500. The zero-order chi connectivity index (χ0) is 17.5. The van der Waals surface area contributed by atoms with E-state index in [1.54, 1.807) is 12.1 Å². The average Bonchev–Trinajstić information content (AvgIpc) is 2.96. The molecule has 2 heterocycles. The highest BCUT2D eigenvalue weighted by molar-refractivity contribution is 5.96. The van der Waals surface area contributed by atoms with Crippen LogP contribution in [-0.2, 0) is 11.2 Å². The number of anilines is 1. The lowest BCUT2D eigenvalue weighted by Crippen LogP contribution is -2.59. The summed E-state index contributed by atoms with van der Waals surface area (Å²) >= 11 is 0. The molecule has 1 fully saturated rings. The molecule has 2 amide bonds. The highest BCUT2D eigenvalue weighted by Gasteiger charge is 2.53. The number of rotatable bonds is 1. The second-order valence-corrected chi connectivity index (χ2v) is 6.08. The van der Waals surface area contributed by atoms with Crippen molar-refractivity contribution in [2.24, 2.45) is 5.92 Å². The molecule has 130 valence electrons. The lowest BCUT2D eigenvalue weighted by molar-refractivity contribution is -0.203. The van der Waals surface area contributed by atoms with E-state index in [1.165, 1.54) is 4.90 Å². The number of urea groups is 1. The van der Waals surface area contributed by atoms with Gasteiger partial charge in [-0.2, -0.15) is 13.2 Å². The Kier molecular flexibility index (Phi) is 4.15. The van der Waals surface area contributed by atoms with Crippen LogP contribution in [0.3, 0.4) is 0 Å². The first kappa shape index (κ1) is 16.6. The maximum absolute atomic E-state index is 13.2. The molecule has 1 saturated heterocycles. The molecule has 24 heavy (non-hydrogen) atoms. The Hall–Kier alpha value is -2.25. The number of aliphatic carboxylic acids is 1. The zero-order valence-corrected chi connectivity index (χ0v) is 12.8. The number of carboxylic acids is 1. The summed E-state index contributed by atoms with van der Waals surface area (Å²) in [6.07, 6.45) is -4.18. The molecule has 3 rings (SSSR count). The van der Waals surface area contributed by atoms with Gasteiger partial charge in [-0.15, -0.1) is 0 Å². The summed E-state index contributed by atoms with van der Waals surface area (Å²) < 4.78 is 39.6. The lowest BCUT2D eigenvalue weighted by Gasteiger charge is -2.41. The van der Waals surface area contributed by atoms with Crippen LogP contribution in [0.4, 0.5) is 23.7 Å². The van der Waals surface area contributed by atoms with Crippen molar-refractivity contribution in [1.29, 1.82) is 0 Å². The van der Waals surface area contributed by atoms with Gasteiger partial charge in [0.15, 0.2) is 0 Å². The summed E-state index contributed by atoms with van der Waals surface area (Å²) in [5, 5.41) is 9.32. The van der Waals surface area contributed by atoms with Crippen LogP contribution in [0.1, 0.15) is 18.4 Å². The molecular weight excluding hydrogens is 325 g/mol. The Bertz CT molecular complexity index is 662. The van der Waals surface area contributed by atoms with Gasteiger partial charge in [-0.1, -0.05) is 18.2 Å². The molecule has 0 bridgehead atoms. The van der Waals surface area contributed by atoms with Gasteiger partial charge in [-0.3, -0.25) is 4.90 Å². The van der Waals surface area contributed by atoms with E-state index in [1.807, 2.05) is 12.1 Å². The van der Waals surface area contributed by atoms with E-state index in [0.29, 0.717) is 18.7 Å². The Morgan fingerprint density at radius 2 is 1.88 bits per heavy atom. The fourth-order valence-corrected chi connectivity index (χ4v) is 3.55. The average molecular weight is 342 g/mol. The smallest absolute Gasteiger partial charge is 0.394 e. The third-order valence-electron chi connectivity index (χ3n) is 4.67. The number of halogens is 3. The number of fused-ring (bicyclic) bond motifs is 1. The molecule has 0 aliphatic carbocycles. The van der Waals surface area contributed by atoms with Gasteiger partial charge in [0, 0.05) is 18.8 Å². The second kappa shape index (κ2) is 5.99. The highest BCUT2D eigenvalue weighted by atomic mass is 19.4. The first-order valence-corrected chi connectivity index (χ1v) is 7.76. The van der Waals surface area contributed by atoms with E-state index in [9.17, 15) is 27.9 Å². The number of piperidine rings is 1. The maximum atomic E-state index is 13.2. The molecule has 2 atom stereocenters. The number of likely N-dealkylation sites (tertiary alicyclic amines) is 1. The van der Waals surface area contributed by atoms with Crippen molar-refractivity contribution in [2.75, 3.05) is 18.0 Å². The normalized spacial score (nSPS) is 24.0. The summed E-state index contributed by atoms with van der Waals surface area (Å²) in [6.45, 7) is 0.360. The van der Waals surface area contributed by atoms with Crippen LogP contribution < -0.4 is 4.90 Å². The van der Waals surface area contributed by atoms with Crippen LogP contribution in [0.15, 0.2) is 24.3 Å². The minimum Gasteiger partial charge on any atom is -0.480 e. The molecular formula is C16H17F3N2O3. The standard InChI is InChI=1S/C16H17F3N2O3/c17-16(18,19)11-5-3-8-21(13(11)14(22)23)15(24)20-9-7-10-4-1-2-6-12(10)20/h1-2,4,6,11,13H,3,5,7-9H2,(H,22,23)/t11-,13+/m1/s1. The topological polar surface area (TPSA) is 60.9 Å². The Labute approximate surface area is 136 Å². The van der Waals surface area contributed by atoms with Gasteiger partial charge in [0.25, 0.3) is 0 Å². The predicted molar refractivity (Wildman–Crippen MR) is 79.8 cm³/mol. The SMILES string of the molecule is O=C(O)[C@@H]1[C@H](C(F)(F)F)CCCN1C(=O)N1CCc2ccccc21. The number of carbonyl (C=O) groups excluding carboxylic acids is 1. The molecule has 1 aromatic carbocycles. The minimum atomic E-state index is -4.65. The number of carboxylic acid groups (broad SMARTS) is 1. The van der Waals surface area contributed by atoms with Gasteiger partial charge in [0.2, 0.25) is 0 Å². The number of amides is 2. The van der Waals surface area contributed by atoms with E-state index < -0.39 is 30.1 Å². The molecule has 1 aromatic rings. The number of nitrogens with zero attached hydrogens (tertiary/aromatic N) is 2. The van der Waals surface area contributed by atoms with Crippen molar-refractivity contribution in [2.45, 2.75) is 31.5 Å². The Morgan fingerprint density at radius 1 is 1.17 bits per heavy atom. The summed E-state index contributed by atoms with van der Waals surface area (Å²) in [4.78, 5) is 26.5. The third-order valence-corrected chi connectivity index (χ3v) is 4.67. The number of benzene rings is 1. The summed E-state index contributed by atoms with van der Waals surface area (Å²) in [6, 6.07) is 4.61. The van der Waals surface area contributed by atoms with E-state index >= 15 is 0 Å². The number of para-hydroxylation sites is 1. The van der Waals surface area contributed by atoms with E-state index in [2.05, 4.69) is 0 Å². The second-order valence-electron chi connectivity index (χ2n) is 6.08. The zero-order valence-electron chi connectivity index (χ0n) is 12.8. The van der Waals surface area contributed by atoms with Crippen molar-refractivity contribution in [1.82, 2.24) is 4.90 Å². The molecule has 2 aliphatic rings.